The monoisotopic (exact) mass is 364 g/mol. The van der Waals surface area contributed by atoms with Gasteiger partial charge in [-0.15, -0.1) is 0 Å². The topological polar surface area (TPSA) is 76.9 Å². The average molecular weight is 364 g/mol. The fourth-order valence-electron chi connectivity index (χ4n) is 3.41. The Morgan fingerprint density at radius 3 is 2.93 bits per heavy atom. The van der Waals surface area contributed by atoms with E-state index in [0.717, 1.165) is 62.5 Å². The van der Waals surface area contributed by atoms with Crippen molar-refractivity contribution in [1.82, 2.24) is 15.3 Å². The molecule has 0 aliphatic carbocycles. The molecule has 2 heterocycles. The summed E-state index contributed by atoms with van der Waals surface area (Å²) in [6, 6.07) is 12.2. The molecule has 3 rings (SSSR count). The molecular formula is C21H28N6. The normalized spacial score (nSPS) is 16.3. The fourth-order valence-corrected chi connectivity index (χ4v) is 3.41. The van der Waals surface area contributed by atoms with Crippen molar-refractivity contribution in [2.45, 2.75) is 45.6 Å². The van der Waals surface area contributed by atoms with Crippen molar-refractivity contribution >= 4 is 17.5 Å². The van der Waals surface area contributed by atoms with E-state index in [1.807, 2.05) is 18.2 Å². The van der Waals surface area contributed by atoms with Gasteiger partial charge in [0.1, 0.15) is 5.82 Å². The van der Waals surface area contributed by atoms with Gasteiger partial charge in [0.15, 0.2) is 0 Å². The van der Waals surface area contributed by atoms with E-state index in [1.165, 1.54) is 0 Å². The van der Waals surface area contributed by atoms with E-state index < -0.39 is 0 Å². The Hall–Kier alpha value is -2.65. The Morgan fingerprint density at radius 2 is 2.15 bits per heavy atom. The maximum absolute atomic E-state index is 9.10. The number of aryl methyl sites for hydroxylation is 1. The molecule has 1 atom stereocenters. The Bertz CT molecular complexity index is 797. The van der Waals surface area contributed by atoms with Crippen molar-refractivity contribution in [3.05, 3.63) is 41.6 Å². The lowest BCUT2D eigenvalue weighted by Crippen LogP contribution is -2.32. The largest absolute Gasteiger partial charge is 0.355 e. The first-order valence-electron chi connectivity index (χ1n) is 9.85. The summed E-state index contributed by atoms with van der Waals surface area (Å²) in [4.78, 5) is 11.8. The standard InChI is InChI=1S/C21H28N6/c1-3-5-8-18-13-20(27-11-10-19(15-27)23-4-2)26-21(25-18)24-17-9-6-7-16(12-17)14-22/h6-7,9,12-13,19,23H,3-5,8,10-11,15H2,1-2H3,(H,24,25,26). The second-order valence-electron chi connectivity index (χ2n) is 6.95. The molecule has 6 heteroatoms. The van der Waals surface area contributed by atoms with Crippen molar-refractivity contribution in [2.75, 3.05) is 29.9 Å². The van der Waals surface area contributed by atoms with Crippen LogP contribution in [0.5, 0.6) is 0 Å². The van der Waals surface area contributed by atoms with E-state index in [1.54, 1.807) is 6.07 Å². The molecule has 1 aliphatic rings. The highest BCUT2D eigenvalue weighted by Crippen LogP contribution is 2.23. The van der Waals surface area contributed by atoms with Crippen molar-refractivity contribution in [3.63, 3.8) is 0 Å². The van der Waals surface area contributed by atoms with E-state index in [0.29, 0.717) is 17.6 Å². The second-order valence-corrected chi connectivity index (χ2v) is 6.95. The van der Waals surface area contributed by atoms with Gasteiger partial charge in [0, 0.05) is 36.6 Å². The van der Waals surface area contributed by atoms with E-state index >= 15 is 0 Å². The van der Waals surface area contributed by atoms with Crippen LogP contribution < -0.4 is 15.5 Å². The van der Waals surface area contributed by atoms with E-state index in [-0.39, 0.29) is 0 Å². The van der Waals surface area contributed by atoms with Crippen LogP contribution in [-0.4, -0.2) is 35.6 Å². The average Bonchev–Trinajstić information content (AvgIpc) is 3.15. The lowest BCUT2D eigenvalue weighted by atomic mass is 10.2. The van der Waals surface area contributed by atoms with Crippen molar-refractivity contribution in [1.29, 1.82) is 5.26 Å². The van der Waals surface area contributed by atoms with Gasteiger partial charge in [-0.05, 0) is 44.0 Å². The molecule has 0 saturated carbocycles. The minimum Gasteiger partial charge on any atom is -0.355 e. The van der Waals surface area contributed by atoms with E-state index in [9.17, 15) is 0 Å². The van der Waals surface area contributed by atoms with Gasteiger partial charge >= 0.3 is 0 Å². The highest BCUT2D eigenvalue weighted by molar-refractivity contribution is 5.58. The maximum Gasteiger partial charge on any atom is 0.229 e. The number of nitriles is 1. The third kappa shape index (κ3) is 5.18. The summed E-state index contributed by atoms with van der Waals surface area (Å²) in [6.45, 7) is 7.31. The molecule has 0 spiro atoms. The number of aromatic nitrogens is 2. The summed E-state index contributed by atoms with van der Waals surface area (Å²) in [6.07, 6.45) is 4.33. The molecule has 1 aromatic carbocycles. The third-order valence-electron chi connectivity index (χ3n) is 4.80. The van der Waals surface area contributed by atoms with Crippen LogP contribution in [0, 0.1) is 11.3 Å². The first-order chi connectivity index (χ1) is 13.2. The predicted octanol–water partition coefficient (Wildman–Crippen LogP) is 3.62. The van der Waals surface area contributed by atoms with Gasteiger partial charge in [0.2, 0.25) is 5.95 Å². The third-order valence-corrected chi connectivity index (χ3v) is 4.80. The summed E-state index contributed by atoms with van der Waals surface area (Å²) in [5.41, 5.74) is 2.52. The molecule has 142 valence electrons. The summed E-state index contributed by atoms with van der Waals surface area (Å²) in [7, 11) is 0. The number of likely N-dealkylation sites (N-methyl/N-ethyl adjacent to an activating group) is 1. The van der Waals surface area contributed by atoms with Crippen LogP contribution in [0.4, 0.5) is 17.5 Å². The molecule has 2 aromatic rings. The van der Waals surface area contributed by atoms with Gasteiger partial charge in [0.25, 0.3) is 0 Å². The van der Waals surface area contributed by atoms with Gasteiger partial charge in [0.05, 0.1) is 11.6 Å². The maximum atomic E-state index is 9.10. The van der Waals surface area contributed by atoms with Crippen LogP contribution in [0.1, 0.15) is 44.4 Å². The molecule has 0 bridgehead atoms. The molecule has 1 fully saturated rings. The zero-order chi connectivity index (χ0) is 19.1. The highest BCUT2D eigenvalue weighted by atomic mass is 15.3. The Balaban J connectivity index is 1.83. The minimum atomic E-state index is 0.521. The van der Waals surface area contributed by atoms with Gasteiger partial charge in [-0.2, -0.15) is 10.2 Å². The Labute approximate surface area is 161 Å². The zero-order valence-electron chi connectivity index (χ0n) is 16.2. The molecule has 6 nitrogen and oxygen atoms in total. The van der Waals surface area contributed by atoms with Crippen LogP contribution in [0.2, 0.25) is 0 Å². The van der Waals surface area contributed by atoms with Crippen molar-refractivity contribution in [2.24, 2.45) is 0 Å². The van der Waals surface area contributed by atoms with Crippen LogP contribution in [-0.2, 0) is 6.42 Å². The molecule has 1 unspecified atom stereocenters. The smallest absolute Gasteiger partial charge is 0.229 e. The molecule has 0 radical (unpaired) electrons. The fraction of sp³-hybridized carbons (Fsp3) is 0.476. The summed E-state index contributed by atoms with van der Waals surface area (Å²) in [5, 5.41) is 15.9. The molecule has 1 aromatic heterocycles. The molecule has 1 aliphatic heterocycles. The van der Waals surface area contributed by atoms with E-state index in [4.69, 9.17) is 15.2 Å². The van der Waals surface area contributed by atoms with Gasteiger partial charge in [-0.1, -0.05) is 26.3 Å². The van der Waals surface area contributed by atoms with Gasteiger partial charge in [-0.25, -0.2) is 4.98 Å². The SMILES string of the molecule is CCCCc1cc(N2CCC(NCC)C2)nc(Nc2cccc(C#N)c2)n1. The predicted molar refractivity (Wildman–Crippen MR) is 109 cm³/mol. The number of anilines is 3. The quantitative estimate of drug-likeness (QED) is 0.745. The van der Waals surface area contributed by atoms with Crippen LogP contribution in [0.15, 0.2) is 30.3 Å². The summed E-state index contributed by atoms with van der Waals surface area (Å²) in [5.74, 6) is 1.58. The molecule has 1 saturated heterocycles. The van der Waals surface area contributed by atoms with Gasteiger partial charge in [-0.3, -0.25) is 0 Å². The Kier molecular flexibility index (Phi) is 6.61. The highest BCUT2D eigenvalue weighted by Gasteiger charge is 2.23. The molecule has 27 heavy (non-hydrogen) atoms. The number of benzene rings is 1. The van der Waals surface area contributed by atoms with Crippen molar-refractivity contribution < 1.29 is 0 Å². The minimum absolute atomic E-state index is 0.521. The molecule has 0 amide bonds. The zero-order valence-corrected chi connectivity index (χ0v) is 16.2. The first-order valence-corrected chi connectivity index (χ1v) is 9.85. The summed E-state index contributed by atoms with van der Waals surface area (Å²) < 4.78 is 0. The van der Waals surface area contributed by atoms with Crippen LogP contribution >= 0.6 is 0 Å². The number of rotatable bonds is 8. The number of nitrogens with zero attached hydrogens (tertiary/aromatic N) is 4. The number of hydrogen-bond acceptors (Lipinski definition) is 6. The van der Waals surface area contributed by atoms with E-state index in [2.05, 4.69) is 41.5 Å². The summed E-state index contributed by atoms with van der Waals surface area (Å²) >= 11 is 0. The lowest BCUT2D eigenvalue weighted by Gasteiger charge is -2.19. The van der Waals surface area contributed by atoms with Crippen molar-refractivity contribution in [3.8, 4) is 6.07 Å². The molecular weight excluding hydrogens is 336 g/mol. The van der Waals surface area contributed by atoms with Gasteiger partial charge < -0.3 is 15.5 Å². The number of nitrogens with one attached hydrogen (secondary N) is 2. The number of unbranched alkanes of at least 4 members (excludes halogenated alkanes) is 1. The second kappa shape index (κ2) is 9.33. The van der Waals surface area contributed by atoms with Crippen LogP contribution in [0.25, 0.3) is 0 Å². The van der Waals surface area contributed by atoms with Crippen LogP contribution in [0.3, 0.4) is 0 Å². The first kappa shape index (κ1) is 19.1. The molecule has 2 N–H and O–H groups in total. The Morgan fingerprint density at radius 1 is 1.26 bits per heavy atom. The lowest BCUT2D eigenvalue weighted by molar-refractivity contribution is 0.571. The number of hydrogen-bond donors (Lipinski definition) is 2.